The number of amides is 2. The molecule has 32 heavy (non-hydrogen) atoms. The van der Waals surface area contributed by atoms with Gasteiger partial charge >= 0.3 is 0 Å². The summed E-state index contributed by atoms with van der Waals surface area (Å²) in [5.41, 5.74) is 2.91. The van der Waals surface area contributed by atoms with E-state index in [1.54, 1.807) is 12.1 Å². The van der Waals surface area contributed by atoms with Gasteiger partial charge in [0.1, 0.15) is 12.2 Å². The number of aromatic nitrogens is 2. The minimum absolute atomic E-state index is 0.117. The molecule has 0 unspecified atom stereocenters. The topological polar surface area (TPSA) is 93.1 Å². The molecule has 0 aliphatic heterocycles. The normalized spacial score (nSPS) is 11.0. The van der Waals surface area contributed by atoms with Crippen LogP contribution < -0.4 is 16.2 Å². The highest BCUT2D eigenvalue weighted by atomic mass is 16.2. The zero-order valence-corrected chi connectivity index (χ0v) is 18.9. The number of carbonyl (C=O) groups excluding carboxylic acids is 2. The zero-order chi connectivity index (χ0) is 23.1. The summed E-state index contributed by atoms with van der Waals surface area (Å²) in [7, 11) is 0. The molecule has 0 aliphatic rings. The second kappa shape index (κ2) is 10.7. The van der Waals surface area contributed by atoms with Crippen molar-refractivity contribution in [3.8, 4) is 0 Å². The van der Waals surface area contributed by atoms with Crippen LogP contribution in [0.1, 0.15) is 38.4 Å². The van der Waals surface area contributed by atoms with Crippen molar-refractivity contribution in [1.82, 2.24) is 14.9 Å². The predicted octanol–water partition coefficient (Wildman–Crippen LogP) is 3.30. The number of hydrogen-bond donors (Lipinski definition) is 2. The van der Waals surface area contributed by atoms with Crippen molar-refractivity contribution in [2.75, 3.05) is 11.9 Å². The molecule has 0 radical (unpaired) electrons. The van der Waals surface area contributed by atoms with Gasteiger partial charge in [-0.15, -0.1) is 0 Å². The Labute approximate surface area is 187 Å². The highest BCUT2D eigenvalue weighted by Gasteiger charge is 2.15. The van der Waals surface area contributed by atoms with Gasteiger partial charge < -0.3 is 10.6 Å². The quantitative estimate of drug-likeness (QED) is 0.540. The zero-order valence-electron chi connectivity index (χ0n) is 18.9. The first-order valence-corrected chi connectivity index (χ1v) is 11.0. The van der Waals surface area contributed by atoms with Gasteiger partial charge in [-0.2, -0.15) is 0 Å². The molecule has 168 valence electrons. The summed E-state index contributed by atoms with van der Waals surface area (Å²) < 4.78 is 1.44. The molecule has 0 saturated carbocycles. The summed E-state index contributed by atoms with van der Waals surface area (Å²) in [6.07, 6.45) is 1.18. The number of rotatable bonds is 9. The van der Waals surface area contributed by atoms with E-state index in [2.05, 4.69) is 15.6 Å². The van der Waals surface area contributed by atoms with Crippen LogP contribution in [0.3, 0.4) is 0 Å². The molecule has 0 spiro atoms. The molecule has 7 nitrogen and oxygen atoms in total. The summed E-state index contributed by atoms with van der Waals surface area (Å²) in [5, 5.41) is 5.77. The Bertz CT molecular complexity index is 1170. The molecule has 1 heterocycles. The fraction of sp³-hybridized carbons (Fsp3) is 0.360. The van der Waals surface area contributed by atoms with Crippen molar-refractivity contribution in [1.29, 1.82) is 0 Å². The fourth-order valence-electron chi connectivity index (χ4n) is 3.49. The molecule has 3 rings (SSSR count). The smallest absolute Gasteiger partial charge is 0.273 e. The van der Waals surface area contributed by atoms with Crippen LogP contribution in [0.15, 0.2) is 53.3 Å². The molecule has 0 aliphatic carbocycles. The van der Waals surface area contributed by atoms with Crippen molar-refractivity contribution in [3.63, 3.8) is 0 Å². The fourth-order valence-corrected chi connectivity index (χ4v) is 3.49. The molecule has 0 saturated heterocycles. The van der Waals surface area contributed by atoms with Gasteiger partial charge in [-0.05, 0) is 36.1 Å². The van der Waals surface area contributed by atoms with Crippen LogP contribution in [0.5, 0.6) is 0 Å². The molecule has 0 fully saturated rings. The van der Waals surface area contributed by atoms with Gasteiger partial charge in [-0.3, -0.25) is 19.0 Å². The number of aryl methyl sites for hydroxylation is 2. The first kappa shape index (κ1) is 23.2. The van der Waals surface area contributed by atoms with E-state index in [1.807, 2.05) is 57.2 Å². The van der Waals surface area contributed by atoms with Gasteiger partial charge in [-0.1, -0.05) is 51.1 Å². The average Bonchev–Trinajstić information content (AvgIpc) is 2.78. The monoisotopic (exact) mass is 434 g/mol. The maximum Gasteiger partial charge on any atom is 0.273 e. The first-order valence-electron chi connectivity index (χ1n) is 11.0. The van der Waals surface area contributed by atoms with Crippen LogP contribution >= 0.6 is 0 Å². The molecule has 1 aromatic heterocycles. The minimum Gasteiger partial charge on any atom is -0.356 e. The average molecular weight is 435 g/mol. The molecule has 7 heteroatoms. The van der Waals surface area contributed by atoms with Crippen LogP contribution in [0.25, 0.3) is 11.0 Å². The number of fused-ring (bicyclic) bond motifs is 1. The third kappa shape index (κ3) is 5.81. The highest BCUT2D eigenvalue weighted by Crippen LogP contribution is 2.16. The first-order chi connectivity index (χ1) is 15.4. The van der Waals surface area contributed by atoms with Gasteiger partial charge in [0.15, 0.2) is 0 Å². The van der Waals surface area contributed by atoms with E-state index in [0.29, 0.717) is 23.5 Å². The second-order valence-corrected chi connectivity index (χ2v) is 8.20. The number of anilines is 1. The maximum absolute atomic E-state index is 13.2. The number of carbonyl (C=O) groups is 2. The summed E-state index contributed by atoms with van der Waals surface area (Å²) in [5.74, 6) is -0.0511. The van der Waals surface area contributed by atoms with E-state index < -0.39 is 0 Å². The lowest BCUT2D eigenvalue weighted by Gasteiger charge is -2.14. The number of hydrogen-bond acceptors (Lipinski definition) is 4. The van der Waals surface area contributed by atoms with E-state index >= 15 is 0 Å². The number of nitrogens with one attached hydrogen (secondary N) is 2. The highest BCUT2D eigenvalue weighted by molar-refractivity contribution is 5.92. The second-order valence-electron chi connectivity index (χ2n) is 8.20. The van der Waals surface area contributed by atoms with Gasteiger partial charge in [0.25, 0.3) is 5.56 Å². The number of nitrogens with zero attached hydrogens (tertiary/aromatic N) is 2. The number of benzene rings is 2. The lowest BCUT2D eigenvalue weighted by molar-refractivity contribution is -0.121. The lowest BCUT2D eigenvalue weighted by Crippen LogP contribution is -2.32. The molecule has 0 bridgehead atoms. The Morgan fingerprint density at radius 2 is 1.75 bits per heavy atom. The number of para-hydroxylation sites is 3. The lowest BCUT2D eigenvalue weighted by atomic mass is 10.1. The van der Waals surface area contributed by atoms with Crippen molar-refractivity contribution in [3.05, 3.63) is 70.1 Å². The van der Waals surface area contributed by atoms with Crippen molar-refractivity contribution < 1.29 is 9.59 Å². The Balaban J connectivity index is 1.84. The van der Waals surface area contributed by atoms with Gasteiger partial charge in [0, 0.05) is 25.1 Å². The van der Waals surface area contributed by atoms with Crippen LogP contribution in [0.2, 0.25) is 0 Å². The minimum atomic E-state index is -0.348. The van der Waals surface area contributed by atoms with Crippen LogP contribution in [-0.4, -0.2) is 27.9 Å². The molecule has 2 aromatic carbocycles. The Kier molecular flexibility index (Phi) is 7.76. The molecule has 2 amide bonds. The SMILES string of the molecule is CCc1ccccc1NC(=O)Cn1c(=O)c(CCC(=O)NCC(C)C)nc2ccccc21. The largest absolute Gasteiger partial charge is 0.356 e. The third-order valence-corrected chi connectivity index (χ3v) is 5.19. The molecule has 0 atom stereocenters. The molecule has 3 aromatic rings. The summed E-state index contributed by atoms with van der Waals surface area (Å²) in [6.45, 7) is 6.52. The van der Waals surface area contributed by atoms with Crippen molar-refractivity contribution >= 4 is 28.5 Å². The Morgan fingerprint density at radius 1 is 1.03 bits per heavy atom. The Hall–Kier alpha value is -3.48. The molecular formula is C25H30N4O3. The van der Waals surface area contributed by atoms with E-state index in [-0.39, 0.29) is 42.5 Å². The van der Waals surface area contributed by atoms with Gasteiger partial charge in [0.05, 0.1) is 11.0 Å². The summed E-state index contributed by atoms with van der Waals surface area (Å²) >= 11 is 0. The van der Waals surface area contributed by atoms with E-state index in [0.717, 1.165) is 17.7 Å². The molecular weight excluding hydrogens is 404 g/mol. The summed E-state index contributed by atoms with van der Waals surface area (Å²) in [6, 6.07) is 14.8. The van der Waals surface area contributed by atoms with E-state index in [1.165, 1.54) is 4.57 Å². The molecule has 2 N–H and O–H groups in total. The Morgan fingerprint density at radius 3 is 2.50 bits per heavy atom. The van der Waals surface area contributed by atoms with Gasteiger partial charge in [0.2, 0.25) is 11.8 Å². The van der Waals surface area contributed by atoms with Gasteiger partial charge in [-0.25, -0.2) is 4.98 Å². The maximum atomic E-state index is 13.2. The van der Waals surface area contributed by atoms with Crippen LogP contribution in [-0.2, 0) is 29.0 Å². The van der Waals surface area contributed by atoms with Crippen LogP contribution in [0.4, 0.5) is 5.69 Å². The van der Waals surface area contributed by atoms with Crippen molar-refractivity contribution in [2.24, 2.45) is 5.92 Å². The van der Waals surface area contributed by atoms with E-state index in [4.69, 9.17) is 0 Å². The summed E-state index contributed by atoms with van der Waals surface area (Å²) in [4.78, 5) is 42.6. The van der Waals surface area contributed by atoms with E-state index in [9.17, 15) is 14.4 Å². The van der Waals surface area contributed by atoms with Crippen molar-refractivity contribution in [2.45, 2.75) is 46.6 Å². The predicted molar refractivity (Wildman–Crippen MR) is 127 cm³/mol. The third-order valence-electron chi connectivity index (χ3n) is 5.19. The standard InChI is InChI=1S/C25H30N4O3/c1-4-18-9-5-6-10-19(18)28-24(31)16-29-22-12-8-7-11-20(22)27-21(25(29)32)13-14-23(30)26-15-17(2)3/h5-12,17H,4,13-16H2,1-3H3,(H,26,30)(H,28,31). The van der Waals surface area contributed by atoms with Crippen LogP contribution in [0, 0.1) is 5.92 Å².